The Morgan fingerprint density at radius 1 is 1.20 bits per heavy atom. The van der Waals surface area contributed by atoms with Crippen molar-refractivity contribution in [1.29, 1.82) is 0 Å². The van der Waals surface area contributed by atoms with Gasteiger partial charge in [0.1, 0.15) is 5.75 Å². The van der Waals surface area contributed by atoms with Crippen LogP contribution < -0.4 is 10.1 Å². The Labute approximate surface area is 125 Å². The lowest BCUT2D eigenvalue weighted by Crippen LogP contribution is -2.16. The van der Waals surface area contributed by atoms with Crippen molar-refractivity contribution in [2.45, 2.75) is 39.3 Å². The summed E-state index contributed by atoms with van der Waals surface area (Å²) < 4.78 is 5.79. The molecule has 2 rings (SSSR count). The smallest absolute Gasteiger partial charge is 0.120 e. The van der Waals surface area contributed by atoms with Crippen molar-refractivity contribution in [3.63, 3.8) is 0 Å². The quantitative estimate of drug-likeness (QED) is 0.850. The minimum atomic E-state index is 0.201. The van der Waals surface area contributed by atoms with Crippen LogP contribution in [0.5, 0.6) is 5.75 Å². The Morgan fingerprint density at radius 3 is 2.60 bits per heavy atom. The van der Waals surface area contributed by atoms with E-state index < -0.39 is 0 Å². The van der Waals surface area contributed by atoms with Crippen molar-refractivity contribution in [3.05, 3.63) is 51.7 Å². The second-order valence-electron chi connectivity index (χ2n) is 5.12. The number of nitrogens with one attached hydrogen (secondary N) is 1. The van der Waals surface area contributed by atoms with Crippen LogP contribution in [0.15, 0.2) is 36.4 Å². The van der Waals surface area contributed by atoms with Crippen LogP contribution in [0, 0.1) is 0 Å². The molecule has 1 aromatic carbocycles. The molecule has 0 saturated heterocycles. The summed E-state index contributed by atoms with van der Waals surface area (Å²) in [5, 5.41) is 3.41. The molecule has 0 aliphatic carbocycles. The molecular formula is C17H23NOS. The van der Waals surface area contributed by atoms with Gasteiger partial charge in [-0.3, -0.25) is 0 Å². The Morgan fingerprint density at radius 2 is 2.00 bits per heavy atom. The van der Waals surface area contributed by atoms with Crippen LogP contribution >= 0.6 is 11.3 Å². The first-order chi connectivity index (χ1) is 9.63. The number of hydrogen-bond acceptors (Lipinski definition) is 3. The molecule has 108 valence electrons. The normalized spacial score (nSPS) is 12.7. The molecule has 20 heavy (non-hydrogen) atoms. The second kappa shape index (κ2) is 6.91. The number of benzene rings is 1. The van der Waals surface area contributed by atoms with Gasteiger partial charge in [0.25, 0.3) is 0 Å². The zero-order valence-electron chi connectivity index (χ0n) is 12.6. The zero-order valence-corrected chi connectivity index (χ0v) is 13.5. The molecule has 0 radical (unpaired) electrons. The van der Waals surface area contributed by atoms with Gasteiger partial charge in [0.2, 0.25) is 0 Å². The number of ether oxygens (including phenoxy) is 1. The fourth-order valence-corrected chi connectivity index (χ4v) is 3.34. The SMILES string of the molecule is CCc1ccc(C(NC)c2cccc(OC(C)C)c2)s1. The third-order valence-corrected chi connectivity index (χ3v) is 4.46. The van der Waals surface area contributed by atoms with Crippen LogP contribution in [0.2, 0.25) is 0 Å². The van der Waals surface area contributed by atoms with Crippen molar-refractivity contribution in [2.75, 3.05) is 7.05 Å². The van der Waals surface area contributed by atoms with Crippen LogP contribution in [0.4, 0.5) is 0 Å². The van der Waals surface area contributed by atoms with Crippen LogP contribution in [-0.2, 0) is 6.42 Å². The predicted molar refractivity (Wildman–Crippen MR) is 86.8 cm³/mol. The van der Waals surface area contributed by atoms with E-state index in [2.05, 4.69) is 56.4 Å². The summed E-state index contributed by atoms with van der Waals surface area (Å²) in [5.74, 6) is 0.935. The third-order valence-electron chi connectivity index (χ3n) is 3.17. The zero-order chi connectivity index (χ0) is 14.5. The van der Waals surface area contributed by atoms with Gasteiger partial charge in [0.15, 0.2) is 0 Å². The molecule has 0 amide bonds. The highest BCUT2D eigenvalue weighted by atomic mass is 32.1. The van der Waals surface area contributed by atoms with Gasteiger partial charge in [0, 0.05) is 9.75 Å². The van der Waals surface area contributed by atoms with Gasteiger partial charge >= 0.3 is 0 Å². The van der Waals surface area contributed by atoms with E-state index in [1.165, 1.54) is 15.3 Å². The van der Waals surface area contributed by atoms with Crippen LogP contribution in [0.1, 0.15) is 42.1 Å². The maximum absolute atomic E-state index is 5.79. The lowest BCUT2D eigenvalue weighted by Gasteiger charge is -2.17. The first-order valence-electron chi connectivity index (χ1n) is 7.16. The Bertz CT molecular complexity index is 547. The third kappa shape index (κ3) is 3.62. The lowest BCUT2D eigenvalue weighted by molar-refractivity contribution is 0.242. The number of aryl methyl sites for hydroxylation is 1. The predicted octanol–water partition coefficient (Wildman–Crippen LogP) is 4.41. The fourth-order valence-electron chi connectivity index (χ4n) is 2.25. The molecule has 1 heterocycles. The topological polar surface area (TPSA) is 21.3 Å². The highest BCUT2D eigenvalue weighted by Crippen LogP contribution is 2.30. The molecule has 0 saturated carbocycles. The molecule has 1 unspecified atom stereocenters. The maximum Gasteiger partial charge on any atom is 0.120 e. The van der Waals surface area contributed by atoms with Gasteiger partial charge in [-0.1, -0.05) is 19.1 Å². The molecular weight excluding hydrogens is 266 g/mol. The number of rotatable bonds is 6. The average molecular weight is 289 g/mol. The largest absolute Gasteiger partial charge is 0.491 e. The standard InChI is InChI=1S/C17H23NOS/c1-5-15-9-10-16(20-15)17(18-4)13-7-6-8-14(11-13)19-12(2)3/h6-12,17-18H,5H2,1-4H3. The van der Waals surface area contributed by atoms with Gasteiger partial charge in [-0.15, -0.1) is 11.3 Å². The summed E-state index contributed by atoms with van der Waals surface area (Å²) in [6.45, 7) is 6.30. The van der Waals surface area contributed by atoms with E-state index in [1.54, 1.807) is 0 Å². The first kappa shape index (κ1) is 15.1. The van der Waals surface area contributed by atoms with Crippen molar-refractivity contribution in [3.8, 4) is 5.75 Å². The van der Waals surface area contributed by atoms with E-state index in [0.29, 0.717) is 0 Å². The number of hydrogen-bond donors (Lipinski definition) is 1. The molecule has 0 spiro atoms. The van der Waals surface area contributed by atoms with E-state index in [1.807, 2.05) is 24.5 Å². The molecule has 1 aromatic heterocycles. The van der Waals surface area contributed by atoms with E-state index in [9.17, 15) is 0 Å². The lowest BCUT2D eigenvalue weighted by atomic mass is 10.1. The van der Waals surface area contributed by atoms with Crippen LogP contribution in [0.3, 0.4) is 0 Å². The molecule has 0 bridgehead atoms. The van der Waals surface area contributed by atoms with Gasteiger partial charge in [-0.05, 0) is 57.1 Å². The number of thiophene rings is 1. The van der Waals surface area contributed by atoms with Crippen molar-refractivity contribution >= 4 is 11.3 Å². The summed E-state index contributed by atoms with van der Waals surface area (Å²) >= 11 is 1.88. The van der Waals surface area contributed by atoms with E-state index in [4.69, 9.17) is 4.74 Å². The molecule has 2 aromatic rings. The van der Waals surface area contributed by atoms with Crippen molar-refractivity contribution in [1.82, 2.24) is 5.32 Å². The van der Waals surface area contributed by atoms with Gasteiger partial charge in [0.05, 0.1) is 12.1 Å². The molecule has 0 fully saturated rings. The summed E-state index contributed by atoms with van der Waals surface area (Å²) in [6.07, 6.45) is 1.30. The maximum atomic E-state index is 5.79. The molecule has 2 nitrogen and oxygen atoms in total. The minimum absolute atomic E-state index is 0.201. The van der Waals surface area contributed by atoms with Crippen molar-refractivity contribution < 1.29 is 4.74 Å². The van der Waals surface area contributed by atoms with E-state index >= 15 is 0 Å². The highest BCUT2D eigenvalue weighted by molar-refractivity contribution is 7.12. The summed E-state index contributed by atoms with van der Waals surface area (Å²) in [5.41, 5.74) is 1.25. The molecule has 0 aliphatic rings. The van der Waals surface area contributed by atoms with E-state index in [0.717, 1.165) is 12.2 Å². The van der Waals surface area contributed by atoms with Gasteiger partial charge in [-0.2, -0.15) is 0 Å². The molecule has 0 aliphatic heterocycles. The van der Waals surface area contributed by atoms with Crippen LogP contribution in [0.25, 0.3) is 0 Å². The Balaban J connectivity index is 2.26. The monoisotopic (exact) mass is 289 g/mol. The second-order valence-corrected chi connectivity index (χ2v) is 6.32. The summed E-state index contributed by atoms with van der Waals surface area (Å²) in [4.78, 5) is 2.78. The van der Waals surface area contributed by atoms with Gasteiger partial charge in [-0.25, -0.2) is 0 Å². The molecule has 3 heteroatoms. The minimum Gasteiger partial charge on any atom is -0.491 e. The summed E-state index contributed by atoms with van der Waals surface area (Å²) in [7, 11) is 2.01. The van der Waals surface area contributed by atoms with Crippen molar-refractivity contribution in [2.24, 2.45) is 0 Å². The summed E-state index contributed by atoms with van der Waals surface area (Å²) in [6, 6.07) is 13.0. The molecule has 1 atom stereocenters. The molecule has 1 N–H and O–H groups in total. The van der Waals surface area contributed by atoms with E-state index in [-0.39, 0.29) is 12.1 Å². The average Bonchev–Trinajstić information content (AvgIpc) is 2.88. The highest BCUT2D eigenvalue weighted by Gasteiger charge is 2.15. The Hall–Kier alpha value is -1.32. The van der Waals surface area contributed by atoms with Crippen LogP contribution in [-0.4, -0.2) is 13.2 Å². The fraction of sp³-hybridized carbons (Fsp3) is 0.412. The first-order valence-corrected chi connectivity index (χ1v) is 7.98. The van der Waals surface area contributed by atoms with Gasteiger partial charge < -0.3 is 10.1 Å². The Kier molecular flexibility index (Phi) is 5.21.